The Hall–Kier alpha value is -1.95. The Balaban J connectivity index is 1.75. The molecule has 0 saturated carbocycles. The standard InChI is InChI=1S/C17H24N4O2/c1-11(2)21-14(16(22)18-3)8-13-9-20(10-15(13)21)17(23)12-4-6-19-7-5-12/h4-7,11,13-15H,8-10H2,1-3H3,(H,18,22)/t13-,14-,15+/m1/s1. The van der Waals surface area contributed by atoms with Crippen molar-refractivity contribution in [3.8, 4) is 0 Å². The van der Waals surface area contributed by atoms with E-state index in [1.54, 1.807) is 31.6 Å². The molecule has 1 aromatic rings. The van der Waals surface area contributed by atoms with Crippen molar-refractivity contribution >= 4 is 11.8 Å². The molecule has 0 unspecified atom stereocenters. The molecular weight excluding hydrogens is 292 g/mol. The molecule has 2 fully saturated rings. The first-order chi connectivity index (χ1) is 11.0. The van der Waals surface area contributed by atoms with Crippen molar-refractivity contribution in [3.63, 3.8) is 0 Å². The third kappa shape index (κ3) is 2.83. The van der Waals surface area contributed by atoms with Gasteiger partial charge in [-0.2, -0.15) is 0 Å². The molecule has 0 aromatic carbocycles. The van der Waals surface area contributed by atoms with Gasteiger partial charge < -0.3 is 10.2 Å². The lowest BCUT2D eigenvalue weighted by molar-refractivity contribution is -0.126. The van der Waals surface area contributed by atoms with Gasteiger partial charge in [0.1, 0.15) is 0 Å². The molecule has 2 aliphatic heterocycles. The van der Waals surface area contributed by atoms with Crippen molar-refractivity contribution in [2.24, 2.45) is 5.92 Å². The van der Waals surface area contributed by atoms with Gasteiger partial charge in [-0.1, -0.05) is 0 Å². The lowest BCUT2D eigenvalue weighted by atomic mass is 10.0. The van der Waals surface area contributed by atoms with Crippen LogP contribution in [0.25, 0.3) is 0 Å². The van der Waals surface area contributed by atoms with Crippen LogP contribution in [0.1, 0.15) is 30.6 Å². The summed E-state index contributed by atoms with van der Waals surface area (Å²) in [5.74, 6) is 0.507. The minimum absolute atomic E-state index is 0.0574. The van der Waals surface area contributed by atoms with Gasteiger partial charge in [0.15, 0.2) is 0 Å². The summed E-state index contributed by atoms with van der Waals surface area (Å²) < 4.78 is 0. The number of fused-ring (bicyclic) bond motifs is 1. The summed E-state index contributed by atoms with van der Waals surface area (Å²) in [6, 6.07) is 3.98. The highest BCUT2D eigenvalue weighted by Crippen LogP contribution is 2.37. The lowest BCUT2D eigenvalue weighted by Crippen LogP contribution is -2.50. The number of aromatic nitrogens is 1. The average molecular weight is 316 g/mol. The number of hydrogen-bond acceptors (Lipinski definition) is 4. The van der Waals surface area contributed by atoms with E-state index in [2.05, 4.69) is 29.0 Å². The van der Waals surface area contributed by atoms with Gasteiger partial charge in [-0.25, -0.2) is 0 Å². The van der Waals surface area contributed by atoms with Crippen molar-refractivity contribution in [2.75, 3.05) is 20.1 Å². The monoisotopic (exact) mass is 316 g/mol. The van der Waals surface area contributed by atoms with E-state index >= 15 is 0 Å². The molecule has 2 saturated heterocycles. The summed E-state index contributed by atoms with van der Waals surface area (Å²) in [5, 5.41) is 2.77. The normalized spacial score (nSPS) is 27.3. The van der Waals surface area contributed by atoms with Gasteiger partial charge in [0.25, 0.3) is 5.91 Å². The number of pyridine rings is 1. The van der Waals surface area contributed by atoms with Crippen LogP contribution in [0.3, 0.4) is 0 Å². The minimum Gasteiger partial charge on any atom is -0.358 e. The Labute approximate surface area is 136 Å². The van der Waals surface area contributed by atoms with Gasteiger partial charge in [0.05, 0.1) is 6.04 Å². The Bertz CT molecular complexity index is 590. The number of carbonyl (C=O) groups excluding carboxylic acids is 2. The highest BCUT2D eigenvalue weighted by atomic mass is 16.2. The molecule has 2 aliphatic rings. The van der Waals surface area contributed by atoms with Gasteiger partial charge in [-0.15, -0.1) is 0 Å². The van der Waals surface area contributed by atoms with Crippen LogP contribution in [-0.2, 0) is 4.79 Å². The number of nitrogens with zero attached hydrogens (tertiary/aromatic N) is 3. The maximum absolute atomic E-state index is 12.6. The van der Waals surface area contributed by atoms with Gasteiger partial charge in [0, 0.05) is 50.2 Å². The quantitative estimate of drug-likeness (QED) is 0.894. The molecule has 124 valence electrons. The Kier molecular flexibility index (Phi) is 4.35. The van der Waals surface area contributed by atoms with Gasteiger partial charge >= 0.3 is 0 Å². The predicted molar refractivity (Wildman–Crippen MR) is 86.9 cm³/mol. The maximum atomic E-state index is 12.6. The second kappa shape index (κ2) is 6.28. The molecular formula is C17H24N4O2. The van der Waals surface area contributed by atoms with Crippen LogP contribution >= 0.6 is 0 Å². The lowest BCUT2D eigenvalue weighted by Gasteiger charge is -2.33. The van der Waals surface area contributed by atoms with Crippen molar-refractivity contribution in [1.82, 2.24) is 20.1 Å². The number of hydrogen-bond donors (Lipinski definition) is 1. The molecule has 0 spiro atoms. The molecule has 23 heavy (non-hydrogen) atoms. The van der Waals surface area contributed by atoms with Gasteiger partial charge in [-0.3, -0.25) is 19.5 Å². The second-order valence-corrected chi connectivity index (χ2v) is 6.68. The fraction of sp³-hybridized carbons (Fsp3) is 0.588. The zero-order chi connectivity index (χ0) is 16.6. The van der Waals surface area contributed by atoms with Crippen molar-refractivity contribution in [3.05, 3.63) is 30.1 Å². The summed E-state index contributed by atoms with van der Waals surface area (Å²) in [7, 11) is 1.69. The minimum atomic E-state index is -0.0758. The SMILES string of the molecule is CNC(=O)[C@H]1C[C@@H]2CN(C(=O)c3ccncc3)C[C@@H]2N1C(C)C. The Morgan fingerprint density at radius 2 is 1.96 bits per heavy atom. The number of nitrogens with one attached hydrogen (secondary N) is 1. The Morgan fingerprint density at radius 3 is 2.57 bits per heavy atom. The number of likely N-dealkylation sites (N-methyl/N-ethyl adjacent to an activating group) is 1. The Morgan fingerprint density at radius 1 is 1.26 bits per heavy atom. The van der Waals surface area contributed by atoms with Crippen LogP contribution < -0.4 is 5.32 Å². The predicted octanol–water partition coefficient (Wildman–Crippen LogP) is 0.751. The van der Waals surface area contributed by atoms with Crippen LogP contribution in [0.4, 0.5) is 0 Å². The molecule has 0 aliphatic carbocycles. The number of rotatable bonds is 3. The van der Waals surface area contributed by atoms with E-state index in [4.69, 9.17) is 0 Å². The molecule has 0 radical (unpaired) electrons. The highest BCUT2D eigenvalue weighted by molar-refractivity contribution is 5.94. The summed E-state index contributed by atoms with van der Waals surface area (Å²) in [5.41, 5.74) is 0.680. The molecule has 0 bridgehead atoms. The average Bonchev–Trinajstić information content (AvgIpc) is 3.11. The largest absolute Gasteiger partial charge is 0.358 e. The molecule has 3 atom stereocenters. The molecule has 1 N–H and O–H groups in total. The topological polar surface area (TPSA) is 65.5 Å². The van der Waals surface area contributed by atoms with E-state index in [0.29, 0.717) is 18.0 Å². The summed E-state index contributed by atoms with van der Waals surface area (Å²) in [6.45, 7) is 5.65. The number of carbonyl (C=O) groups is 2. The van der Waals surface area contributed by atoms with Crippen molar-refractivity contribution < 1.29 is 9.59 Å². The van der Waals surface area contributed by atoms with E-state index in [-0.39, 0.29) is 29.9 Å². The van der Waals surface area contributed by atoms with Gasteiger partial charge in [-0.05, 0) is 38.3 Å². The van der Waals surface area contributed by atoms with Gasteiger partial charge in [0.2, 0.25) is 5.91 Å². The first kappa shape index (κ1) is 15.9. The third-order valence-electron chi connectivity index (χ3n) is 5.04. The summed E-state index contributed by atoms with van der Waals surface area (Å²) >= 11 is 0. The third-order valence-corrected chi connectivity index (χ3v) is 5.04. The van der Waals surface area contributed by atoms with Crippen LogP contribution in [0, 0.1) is 5.92 Å². The fourth-order valence-corrected chi connectivity index (χ4v) is 4.06. The van der Waals surface area contributed by atoms with Crippen LogP contribution in [-0.4, -0.2) is 64.9 Å². The van der Waals surface area contributed by atoms with E-state index in [1.807, 2.05) is 4.90 Å². The first-order valence-corrected chi connectivity index (χ1v) is 8.21. The van der Waals surface area contributed by atoms with Crippen molar-refractivity contribution in [2.45, 2.75) is 38.4 Å². The van der Waals surface area contributed by atoms with Crippen LogP contribution in [0.2, 0.25) is 0 Å². The summed E-state index contributed by atoms with van der Waals surface area (Å²) in [6.07, 6.45) is 4.11. The van der Waals surface area contributed by atoms with E-state index in [0.717, 1.165) is 13.0 Å². The first-order valence-electron chi connectivity index (χ1n) is 8.21. The number of amides is 2. The van der Waals surface area contributed by atoms with E-state index in [1.165, 1.54) is 0 Å². The van der Waals surface area contributed by atoms with E-state index < -0.39 is 0 Å². The number of likely N-dealkylation sites (tertiary alicyclic amines) is 2. The van der Waals surface area contributed by atoms with Crippen molar-refractivity contribution in [1.29, 1.82) is 0 Å². The maximum Gasteiger partial charge on any atom is 0.254 e. The molecule has 3 heterocycles. The molecule has 6 nitrogen and oxygen atoms in total. The van der Waals surface area contributed by atoms with Crippen LogP contribution in [0.15, 0.2) is 24.5 Å². The van der Waals surface area contributed by atoms with E-state index in [9.17, 15) is 9.59 Å². The molecule has 1 aromatic heterocycles. The van der Waals surface area contributed by atoms with Crippen LogP contribution in [0.5, 0.6) is 0 Å². The fourth-order valence-electron chi connectivity index (χ4n) is 4.06. The zero-order valence-corrected chi connectivity index (χ0v) is 13.9. The second-order valence-electron chi connectivity index (χ2n) is 6.68. The summed E-state index contributed by atoms with van der Waals surface area (Å²) in [4.78, 5) is 32.9. The molecule has 6 heteroatoms. The molecule has 3 rings (SSSR count). The highest BCUT2D eigenvalue weighted by Gasteiger charge is 2.50. The zero-order valence-electron chi connectivity index (χ0n) is 13.9. The molecule has 2 amide bonds. The smallest absolute Gasteiger partial charge is 0.254 e.